The number of nitrogens with zero attached hydrogens (tertiary/aromatic N) is 2. The Morgan fingerprint density at radius 1 is 1.28 bits per heavy atom. The van der Waals surface area contributed by atoms with E-state index in [4.69, 9.17) is 21.1 Å². The van der Waals surface area contributed by atoms with Crippen molar-refractivity contribution in [2.24, 2.45) is 0 Å². The highest BCUT2D eigenvalue weighted by Crippen LogP contribution is 2.45. The van der Waals surface area contributed by atoms with E-state index < -0.39 is 11.4 Å². The molecular formula is C21H23ClN2O5. The lowest BCUT2D eigenvalue weighted by atomic mass is 9.99. The van der Waals surface area contributed by atoms with Crippen LogP contribution in [-0.2, 0) is 11.3 Å². The van der Waals surface area contributed by atoms with E-state index in [2.05, 4.69) is 11.9 Å². The molecular weight excluding hydrogens is 396 g/mol. The first-order valence-corrected chi connectivity index (χ1v) is 9.94. The third kappa shape index (κ3) is 3.60. The number of rotatable bonds is 7. The van der Waals surface area contributed by atoms with Crippen molar-refractivity contribution in [3.63, 3.8) is 0 Å². The number of hydrogen-bond donors (Lipinski definition) is 1. The lowest BCUT2D eigenvalue weighted by Gasteiger charge is -2.40. The summed E-state index contributed by atoms with van der Waals surface area (Å²) < 4.78 is 12.7. The zero-order chi connectivity index (χ0) is 20.8. The second-order valence-corrected chi connectivity index (χ2v) is 8.18. The van der Waals surface area contributed by atoms with Crippen LogP contribution in [0.2, 0.25) is 5.02 Å². The Bertz CT molecular complexity index is 1030. The number of carboxylic acid groups (broad SMARTS) is 1. The van der Waals surface area contributed by atoms with Crippen LogP contribution in [0.25, 0.3) is 11.3 Å². The van der Waals surface area contributed by atoms with Gasteiger partial charge in [0.15, 0.2) is 5.43 Å². The van der Waals surface area contributed by atoms with Crippen molar-refractivity contribution in [2.45, 2.75) is 38.3 Å². The van der Waals surface area contributed by atoms with Gasteiger partial charge in [-0.3, -0.25) is 9.47 Å². The Labute approximate surface area is 173 Å². The van der Waals surface area contributed by atoms with Crippen molar-refractivity contribution in [1.82, 2.24) is 4.68 Å². The fourth-order valence-corrected chi connectivity index (χ4v) is 3.89. The maximum absolute atomic E-state index is 12.4. The molecule has 1 aliphatic heterocycles. The topological polar surface area (TPSA) is 81.0 Å². The van der Waals surface area contributed by atoms with Gasteiger partial charge >= 0.3 is 5.97 Å². The van der Waals surface area contributed by atoms with E-state index >= 15 is 0 Å². The molecule has 0 unspecified atom stereocenters. The molecule has 2 heterocycles. The Balaban J connectivity index is 1.79. The molecule has 0 atom stereocenters. The number of carboxylic acids is 1. The van der Waals surface area contributed by atoms with Gasteiger partial charge in [-0.25, -0.2) is 4.79 Å². The maximum atomic E-state index is 12.4. The van der Waals surface area contributed by atoms with E-state index in [9.17, 15) is 14.7 Å². The highest BCUT2D eigenvalue weighted by atomic mass is 35.5. The van der Waals surface area contributed by atoms with Crippen molar-refractivity contribution >= 4 is 17.6 Å². The van der Waals surface area contributed by atoms with Gasteiger partial charge in [-0.1, -0.05) is 11.6 Å². The third-order valence-electron chi connectivity index (χ3n) is 5.62. The molecule has 1 fully saturated rings. The molecule has 1 N–H and O–H groups in total. The van der Waals surface area contributed by atoms with E-state index in [1.165, 1.54) is 12.3 Å². The van der Waals surface area contributed by atoms with Crippen LogP contribution in [0, 0.1) is 0 Å². The molecule has 2 aromatic rings. The molecule has 1 saturated carbocycles. The fourth-order valence-electron chi connectivity index (χ4n) is 3.67. The molecule has 0 amide bonds. The lowest BCUT2D eigenvalue weighted by molar-refractivity contribution is 0.0694. The second kappa shape index (κ2) is 7.39. The fraction of sp³-hybridized carbons (Fsp3) is 0.429. The monoisotopic (exact) mass is 418 g/mol. The average Bonchev–Trinajstić information content (AvgIpc) is 3.43. The molecule has 0 saturated heterocycles. The Morgan fingerprint density at radius 2 is 2.03 bits per heavy atom. The van der Waals surface area contributed by atoms with E-state index in [-0.39, 0.29) is 11.1 Å². The van der Waals surface area contributed by atoms with Gasteiger partial charge in [-0.05, 0) is 37.5 Å². The molecule has 7 nitrogen and oxygen atoms in total. The Kier molecular flexibility index (Phi) is 5.04. The normalized spacial score (nSPS) is 16.2. The number of aromatic carboxylic acids is 1. The number of fused-ring (bicyclic) bond motifs is 3. The predicted molar refractivity (Wildman–Crippen MR) is 110 cm³/mol. The summed E-state index contributed by atoms with van der Waals surface area (Å²) in [5.74, 6) is -0.629. The number of carbonyl (C=O) groups is 1. The van der Waals surface area contributed by atoms with Gasteiger partial charge in [-0.2, -0.15) is 0 Å². The van der Waals surface area contributed by atoms with E-state index in [0.717, 1.165) is 30.4 Å². The Morgan fingerprint density at radius 3 is 2.69 bits per heavy atom. The summed E-state index contributed by atoms with van der Waals surface area (Å²) >= 11 is 6.45. The van der Waals surface area contributed by atoms with Crippen molar-refractivity contribution in [2.75, 3.05) is 25.3 Å². The number of pyridine rings is 1. The average molecular weight is 419 g/mol. The number of methoxy groups -OCH3 is 1. The van der Waals surface area contributed by atoms with Crippen LogP contribution in [0.15, 0.2) is 29.2 Å². The molecule has 1 aliphatic carbocycles. The maximum Gasteiger partial charge on any atom is 0.341 e. The molecule has 2 aliphatic rings. The van der Waals surface area contributed by atoms with Crippen molar-refractivity contribution in [1.29, 1.82) is 0 Å². The molecule has 1 aromatic heterocycles. The SMILES string of the molecule is COCCCOc1cc2c(cc1Cl)-c1cc(=O)c(C(=O)O)cn1N(C1(C)CC1)C2. The minimum atomic E-state index is -1.23. The van der Waals surface area contributed by atoms with Crippen LogP contribution >= 0.6 is 11.6 Å². The van der Waals surface area contributed by atoms with Gasteiger partial charge in [0.1, 0.15) is 11.3 Å². The second-order valence-electron chi connectivity index (χ2n) is 7.78. The van der Waals surface area contributed by atoms with Crippen LogP contribution in [0.3, 0.4) is 0 Å². The van der Waals surface area contributed by atoms with E-state index in [1.807, 2.05) is 6.07 Å². The van der Waals surface area contributed by atoms with Gasteiger partial charge in [0.05, 0.1) is 29.4 Å². The highest BCUT2D eigenvalue weighted by molar-refractivity contribution is 6.32. The molecule has 0 bridgehead atoms. The zero-order valence-electron chi connectivity index (χ0n) is 16.4. The zero-order valence-corrected chi connectivity index (χ0v) is 17.2. The molecule has 154 valence electrons. The molecule has 0 radical (unpaired) electrons. The number of halogens is 1. The third-order valence-corrected chi connectivity index (χ3v) is 5.92. The van der Waals surface area contributed by atoms with Crippen LogP contribution < -0.4 is 15.2 Å². The summed E-state index contributed by atoms with van der Waals surface area (Å²) in [7, 11) is 1.65. The molecule has 4 rings (SSSR count). The molecule has 0 spiro atoms. The van der Waals surface area contributed by atoms with Crippen LogP contribution in [0.4, 0.5) is 0 Å². The van der Waals surface area contributed by atoms with Crippen LogP contribution in [0.1, 0.15) is 42.1 Å². The smallest absolute Gasteiger partial charge is 0.341 e. The largest absolute Gasteiger partial charge is 0.492 e. The van der Waals surface area contributed by atoms with Gasteiger partial charge in [0.2, 0.25) is 0 Å². The highest BCUT2D eigenvalue weighted by Gasteiger charge is 2.46. The first kappa shape index (κ1) is 19.8. The van der Waals surface area contributed by atoms with Crippen LogP contribution in [0.5, 0.6) is 5.75 Å². The minimum absolute atomic E-state index is 0.0730. The summed E-state index contributed by atoms with van der Waals surface area (Å²) in [6.45, 7) is 3.81. The van der Waals surface area contributed by atoms with Gasteiger partial charge < -0.3 is 19.6 Å². The first-order valence-electron chi connectivity index (χ1n) is 9.56. The Hall–Kier alpha value is -2.51. The van der Waals surface area contributed by atoms with Crippen molar-refractivity contribution < 1.29 is 19.4 Å². The molecule has 1 aromatic carbocycles. The number of benzene rings is 1. The minimum Gasteiger partial charge on any atom is -0.492 e. The molecule has 8 heteroatoms. The van der Waals surface area contributed by atoms with Gasteiger partial charge in [-0.15, -0.1) is 0 Å². The van der Waals surface area contributed by atoms with Crippen molar-refractivity contribution in [3.05, 3.63) is 50.8 Å². The first-order chi connectivity index (χ1) is 13.8. The van der Waals surface area contributed by atoms with Crippen molar-refractivity contribution in [3.8, 4) is 17.0 Å². The summed E-state index contributed by atoms with van der Waals surface area (Å²) in [5.41, 5.74) is 1.61. The number of aromatic nitrogens is 1. The van der Waals surface area contributed by atoms with Crippen LogP contribution in [-0.4, -0.2) is 41.6 Å². The standard InChI is InChI=1S/C21H23ClN2O5/c1-21(4-5-21)24-11-13-8-19(29-7-3-6-28-2)16(22)9-14(13)17-10-18(25)15(20(26)27)12-23(17)24/h8-10,12H,3-7,11H2,1-2H3,(H,26,27). The summed E-state index contributed by atoms with van der Waals surface area (Å²) in [4.78, 5) is 23.9. The van der Waals surface area contributed by atoms with E-state index in [1.54, 1.807) is 17.9 Å². The number of hydrogen-bond acceptors (Lipinski definition) is 5. The predicted octanol–water partition coefficient (Wildman–Crippen LogP) is 3.29. The van der Waals surface area contributed by atoms with Gasteiger partial charge in [0, 0.05) is 38.0 Å². The lowest BCUT2D eigenvalue weighted by Crippen LogP contribution is -2.47. The summed E-state index contributed by atoms with van der Waals surface area (Å²) in [6, 6.07) is 5.10. The van der Waals surface area contributed by atoms with E-state index in [0.29, 0.717) is 36.2 Å². The molecule has 29 heavy (non-hydrogen) atoms. The number of ether oxygens (including phenoxy) is 2. The summed E-state index contributed by atoms with van der Waals surface area (Å²) in [5, 5.41) is 12.0. The van der Waals surface area contributed by atoms with Gasteiger partial charge in [0.25, 0.3) is 0 Å². The quantitative estimate of drug-likeness (QED) is 0.695. The summed E-state index contributed by atoms with van der Waals surface area (Å²) in [6.07, 6.45) is 4.19.